The summed E-state index contributed by atoms with van der Waals surface area (Å²) in [6, 6.07) is 4.29. The molecule has 1 unspecified atom stereocenters. The maximum Gasteiger partial charge on any atom is 0.122 e. The Hall–Kier alpha value is -1.02. The van der Waals surface area contributed by atoms with Crippen molar-refractivity contribution in [3.8, 4) is 5.75 Å². The van der Waals surface area contributed by atoms with Gasteiger partial charge in [-0.1, -0.05) is 6.07 Å². The lowest BCUT2D eigenvalue weighted by Crippen LogP contribution is -2.34. The Morgan fingerprint density at radius 1 is 1.25 bits per heavy atom. The van der Waals surface area contributed by atoms with Gasteiger partial charge in [0.15, 0.2) is 0 Å². The van der Waals surface area contributed by atoms with Gasteiger partial charge in [-0.15, -0.1) is 0 Å². The van der Waals surface area contributed by atoms with Crippen molar-refractivity contribution in [3.05, 3.63) is 28.8 Å². The molecule has 1 atom stereocenters. The van der Waals surface area contributed by atoms with Crippen LogP contribution in [-0.4, -0.2) is 13.7 Å². The highest BCUT2D eigenvalue weighted by molar-refractivity contribution is 5.46. The highest BCUT2D eigenvalue weighted by Crippen LogP contribution is 2.35. The third-order valence-electron chi connectivity index (χ3n) is 3.92. The number of ether oxygens (including phenoxy) is 1. The summed E-state index contributed by atoms with van der Waals surface area (Å²) in [7, 11) is 1.73. The lowest BCUT2D eigenvalue weighted by Gasteiger charge is -2.28. The summed E-state index contributed by atoms with van der Waals surface area (Å²) >= 11 is 0. The van der Waals surface area contributed by atoms with E-state index < -0.39 is 0 Å². The maximum absolute atomic E-state index is 5.36. The summed E-state index contributed by atoms with van der Waals surface area (Å²) in [5, 5.41) is 3.61. The van der Waals surface area contributed by atoms with Crippen LogP contribution >= 0.6 is 0 Å². The molecule has 16 heavy (non-hydrogen) atoms. The van der Waals surface area contributed by atoms with Crippen LogP contribution in [0.25, 0.3) is 0 Å². The minimum atomic E-state index is 0.154. The van der Waals surface area contributed by atoms with E-state index in [1.807, 2.05) is 0 Å². The van der Waals surface area contributed by atoms with E-state index in [2.05, 4.69) is 38.2 Å². The van der Waals surface area contributed by atoms with E-state index in [0.717, 1.165) is 12.3 Å². The smallest absolute Gasteiger partial charge is 0.122 e. The first kappa shape index (κ1) is 11.5. The molecule has 2 nitrogen and oxygen atoms in total. The standard InChI is InChI=1S/C14H21NO/c1-10-11(2)13(16-4)7-6-12(10)14(3)8-5-9-15-14/h6-7,15H,5,8-9H2,1-4H3. The molecule has 0 amide bonds. The SMILES string of the molecule is COc1ccc(C2(C)CCCN2)c(C)c1C. The zero-order chi connectivity index (χ0) is 11.8. The molecule has 0 aliphatic carbocycles. The molecule has 1 saturated heterocycles. The summed E-state index contributed by atoms with van der Waals surface area (Å²) in [5.74, 6) is 0.989. The predicted octanol–water partition coefficient (Wildman–Crippen LogP) is 2.91. The highest BCUT2D eigenvalue weighted by atomic mass is 16.5. The van der Waals surface area contributed by atoms with Gasteiger partial charge in [0.25, 0.3) is 0 Å². The second kappa shape index (κ2) is 4.10. The molecule has 1 aliphatic rings. The van der Waals surface area contributed by atoms with Gasteiger partial charge in [-0.2, -0.15) is 0 Å². The number of nitrogens with one attached hydrogen (secondary N) is 1. The van der Waals surface area contributed by atoms with Crippen molar-refractivity contribution < 1.29 is 4.74 Å². The van der Waals surface area contributed by atoms with E-state index in [1.165, 1.54) is 29.5 Å². The first-order chi connectivity index (χ1) is 7.58. The van der Waals surface area contributed by atoms with Crippen LogP contribution in [0.4, 0.5) is 0 Å². The van der Waals surface area contributed by atoms with Crippen LogP contribution in [0.3, 0.4) is 0 Å². The fraction of sp³-hybridized carbons (Fsp3) is 0.571. The fourth-order valence-electron chi connectivity index (χ4n) is 2.74. The fourth-order valence-corrected chi connectivity index (χ4v) is 2.74. The monoisotopic (exact) mass is 219 g/mol. The molecule has 0 bridgehead atoms. The Balaban J connectivity index is 2.46. The Labute approximate surface area is 98.0 Å². The number of rotatable bonds is 2. The van der Waals surface area contributed by atoms with Crippen molar-refractivity contribution in [2.45, 2.75) is 39.2 Å². The summed E-state index contributed by atoms with van der Waals surface area (Å²) in [5.41, 5.74) is 4.19. The van der Waals surface area contributed by atoms with Crippen LogP contribution in [0.1, 0.15) is 36.5 Å². The quantitative estimate of drug-likeness (QED) is 0.825. The second-order valence-electron chi connectivity index (χ2n) is 4.93. The molecule has 1 fully saturated rings. The summed E-state index contributed by atoms with van der Waals surface area (Å²) in [6.45, 7) is 7.75. The van der Waals surface area contributed by atoms with E-state index in [1.54, 1.807) is 7.11 Å². The van der Waals surface area contributed by atoms with Crippen molar-refractivity contribution in [3.63, 3.8) is 0 Å². The number of hydrogen-bond acceptors (Lipinski definition) is 2. The van der Waals surface area contributed by atoms with Crippen LogP contribution in [0.15, 0.2) is 12.1 Å². The van der Waals surface area contributed by atoms with Gasteiger partial charge in [0.2, 0.25) is 0 Å². The molecule has 1 aliphatic heterocycles. The molecular weight excluding hydrogens is 198 g/mol. The van der Waals surface area contributed by atoms with E-state index in [4.69, 9.17) is 4.74 Å². The summed E-state index contributed by atoms with van der Waals surface area (Å²) in [4.78, 5) is 0. The van der Waals surface area contributed by atoms with Gasteiger partial charge in [-0.3, -0.25) is 0 Å². The molecular formula is C14H21NO. The lowest BCUT2D eigenvalue weighted by atomic mass is 9.85. The van der Waals surface area contributed by atoms with Crippen molar-refractivity contribution in [1.29, 1.82) is 0 Å². The van der Waals surface area contributed by atoms with Crippen molar-refractivity contribution >= 4 is 0 Å². The van der Waals surface area contributed by atoms with Gasteiger partial charge in [-0.25, -0.2) is 0 Å². The van der Waals surface area contributed by atoms with Gasteiger partial charge in [0.05, 0.1) is 7.11 Å². The number of benzene rings is 1. The third-order valence-corrected chi connectivity index (χ3v) is 3.92. The molecule has 2 rings (SSSR count). The van der Waals surface area contributed by atoms with Crippen molar-refractivity contribution in [1.82, 2.24) is 5.32 Å². The van der Waals surface area contributed by atoms with E-state index in [-0.39, 0.29) is 5.54 Å². The van der Waals surface area contributed by atoms with E-state index >= 15 is 0 Å². The highest BCUT2D eigenvalue weighted by Gasteiger charge is 2.31. The van der Waals surface area contributed by atoms with Gasteiger partial charge >= 0.3 is 0 Å². The Bertz CT molecular complexity index is 392. The largest absolute Gasteiger partial charge is 0.496 e. The van der Waals surface area contributed by atoms with Crippen molar-refractivity contribution in [2.24, 2.45) is 0 Å². The van der Waals surface area contributed by atoms with E-state index in [0.29, 0.717) is 0 Å². The molecule has 0 saturated carbocycles. The van der Waals surface area contributed by atoms with Crippen LogP contribution < -0.4 is 10.1 Å². The normalized spacial score (nSPS) is 24.8. The summed E-state index contributed by atoms with van der Waals surface area (Å²) < 4.78 is 5.36. The van der Waals surface area contributed by atoms with Crippen LogP contribution in [0, 0.1) is 13.8 Å². The predicted molar refractivity (Wildman–Crippen MR) is 67.1 cm³/mol. The molecule has 0 spiro atoms. The number of hydrogen-bond donors (Lipinski definition) is 1. The van der Waals surface area contributed by atoms with Crippen LogP contribution in [0.5, 0.6) is 5.75 Å². The zero-order valence-electron chi connectivity index (χ0n) is 10.7. The molecule has 2 heteroatoms. The molecule has 1 aromatic rings. The minimum absolute atomic E-state index is 0.154. The molecule has 0 radical (unpaired) electrons. The Kier molecular flexibility index (Phi) is 2.94. The molecule has 1 N–H and O–H groups in total. The van der Waals surface area contributed by atoms with Gasteiger partial charge in [0.1, 0.15) is 5.75 Å². The first-order valence-electron chi connectivity index (χ1n) is 5.98. The van der Waals surface area contributed by atoms with Crippen LogP contribution in [-0.2, 0) is 5.54 Å². The Morgan fingerprint density at radius 2 is 2.00 bits per heavy atom. The van der Waals surface area contributed by atoms with Crippen molar-refractivity contribution in [2.75, 3.05) is 13.7 Å². The van der Waals surface area contributed by atoms with Crippen LogP contribution in [0.2, 0.25) is 0 Å². The average molecular weight is 219 g/mol. The maximum atomic E-state index is 5.36. The molecule has 88 valence electrons. The van der Waals surface area contributed by atoms with Gasteiger partial charge < -0.3 is 10.1 Å². The van der Waals surface area contributed by atoms with E-state index in [9.17, 15) is 0 Å². The van der Waals surface area contributed by atoms with Gasteiger partial charge in [0, 0.05) is 5.54 Å². The molecule has 1 aromatic carbocycles. The third kappa shape index (κ3) is 1.71. The average Bonchev–Trinajstić information content (AvgIpc) is 2.70. The minimum Gasteiger partial charge on any atom is -0.496 e. The second-order valence-corrected chi connectivity index (χ2v) is 4.93. The summed E-state index contributed by atoms with van der Waals surface area (Å²) in [6.07, 6.45) is 2.49. The molecule has 0 aromatic heterocycles. The Morgan fingerprint density at radius 3 is 2.56 bits per heavy atom. The molecule has 1 heterocycles. The first-order valence-corrected chi connectivity index (χ1v) is 5.98. The number of methoxy groups -OCH3 is 1. The lowest BCUT2D eigenvalue weighted by molar-refractivity contribution is 0.406. The van der Waals surface area contributed by atoms with Gasteiger partial charge in [-0.05, 0) is 62.9 Å². The topological polar surface area (TPSA) is 21.3 Å². The zero-order valence-corrected chi connectivity index (χ0v) is 10.7.